The SMILES string of the molecule is CCc1ccc(NC(=O)CSc2nnc(N3C(N)=C(C#N)C(c4ccccc4Cl)C4=C3CCCC4=O)s2)cc1. The molecule has 2 aromatic carbocycles. The van der Waals surface area contributed by atoms with Gasteiger partial charge in [0, 0.05) is 28.4 Å². The number of carbonyl (C=O) groups is 2. The standard InChI is InChI=1S/C28H25ClN6O2S2/c1-2-16-10-12-17(13-11-16)32-23(37)15-38-28-34-33-27(39-28)35-21-8-5-9-22(36)25(21)24(19(14-30)26(35)31)18-6-3-4-7-20(18)29/h3-4,6-7,10-13,24H,2,5,8-9,15,31H2,1H3,(H,32,37). The maximum atomic E-state index is 13.3. The fraction of sp³-hybridized carbons (Fsp3) is 0.250. The Labute approximate surface area is 239 Å². The van der Waals surface area contributed by atoms with Crippen molar-refractivity contribution in [2.24, 2.45) is 5.73 Å². The number of hydrogen-bond acceptors (Lipinski definition) is 9. The van der Waals surface area contributed by atoms with Crippen LogP contribution in [0.1, 0.15) is 43.2 Å². The van der Waals surface area contributed by atoms with Gasteiger partial charge < -0.3 is 11.1 Å². The summed E-state index contributed by atoms with van der Waals surface area (Å²) < 4.78 is 0.574. The molecule has 2 aliphatic rings. The van der Waals surface area contributed by atoms with Crippen LogP contribution in [0.25, 0.3) is 0 Å². The highest BCUT2D eigenvalue weighted by Gasteiger charge is 2.41. The number of benzene rings is 2. The number of carbonyl (C=O) groups excluding carboxylic acids is 2. The van der Waals surface area contributed by atoms with Gasteiger partial charge in [-0.15, -0.1) is 10.2 Å². The quantitative estimate of drug-likeness (QED) is 0.339. The molecule has 0 bridgehead atoms. The van der Waals surface area contributed by atoms with E-state index in [-0.39, 0.29) is 28.8 Å². The number of rotatable bonds is 7. The highest BCUT2D eigenvalue weighted by atomic mass is 35.5. The molecule has 0 spiro atoms. The predicted molar refractivity (Wildman–Crippen MR) is 154 cm³/mol. The molecule has 1 aliphatic heterocycles. The van der Waals surface area contributed by atoms with Gasteiger partial charge in [-0.1, -0.05) is 72.0 Å². The number of allylic oxidation sites excluding steroid dienone is 3. The van der Waals surface area contributed by atoms with Crippen molar-refractivity contribution in [3.63, 3.8) is 0 Å². The molecule has 11 heteroatoms. The van der Waals surface area contributed by atoms with Gasteiger partial charge in [-0.05, 0) is 48.6 Å². The summed E-state index contributed by atoms with van der Waals surface area (Å²) in [6, 6.07) is 17.2. The van der Waals surface area contributed by atoms with Crippen LogP contribution >= 0.6 is 34.7 Å². The molecule has 1 aliphatic carbocycles. The van der Waals surface area contributed by atoms with Crippen molar-refractivity contribution in [1.82, 2.24) is 10.2 Å². The number of thioether (sulfide) groups is 1. The molecule has 3 N–H and O–H groups in total. The lowest BCUT2D eigenvalue weighted by Crippen LogP contribution is -2.38. The molecule has 3 aromatic rings. The van der Waals surface area contributed by atoms with E-state index >= 15 is 0 Å². The van der Waals surface area contributed by atoms with Crippen LogP contribution in [0.2, 0.25) is 5.02 Å². The Bertz CT molecular complexity index is 1540. The van der Waals surface area contributed by atoms with E-state index in [0.29, 0.717) is 50.6 Å². The van der Waals surface area contributed by atoms with Gasteiger partial charge in [-0.25, -0.2) is 0 Å². The van der Waals surface area contributed by atoms with E-state index in [2.05, 4.69) is 28.5 Å². The van der Waals surface area contributed by atoms with Crippen LogP contribution in [-0.4, -0.2) is 27.6 Å². The summed E-state index contributed by atoms with van der Waals surface area (Å²) in [5.74, 6) is -0.471. The molecular formula is C28H25ClN6O2S2. The van der Waals surface area contributed by atoms with E-state index < -0.39 is 5.92 Å². The summed E-state index contributed by atoms with van der Waals surface area (Å²) in [4.78, 5) is 27.4. The minimum Gasteiger partial charge on any atom is -0.384 e. The summed E-state index contributed by atoms with van der Waals surface area (Å²) in [6.07, 6.45) is 2.59. The normalized spacial score (nSPS) is 17.2. The summed E-state index contributed by atoms with van der Waals surface area (Å²) in [5.41, 5.74) is 10.7. The van der Waals surface area contributed by atoms with Crippen molar-refractivity contribution >= 4 is 57.2 Å². The third kappa shape index (κ3) is 5.43. The number of amides is 1. The molecule has 1 atom stereocenters. The predicted octanol–water partition coefficient (Wildman–Crippen LogP) is 5.79. The van der Waals surface area contributed by atoms with Crippen LogP contribution in [0.3, 0.4) is 0 Å². The molecule has 1 aromatic heterocycles. The second kappa shape index (κ2) is 11.6. The summed E-state index contributed by atoms with van der Waals surface area (Å²) in [5, 5.41) is 22.5. The van der Waals surface area contributed by atoms with Crippen molar-refractivity contribution < 1.29 is 9.59 Å². The minimum atomic E-state index is -0.639. The first kappa shape index (κ1) is 26.9. The molecular weight excluding hydrogens is 552 g/mol. The number of halogens is 1. The number of Topliss-reactive ketones (excluding diaryl/α,β-unsaturated/α-hetero) is 1. The number of ketones is 1. The lowest BCUT2D eigenvalue weighted by molar-refractivity contribution is -0.116. The fourth-order valence-electron chi connectivity index (χ4n) is 4.82. The lowest BCUT2D eigenvalue weighted by Gasteiger charge is -2.38. The Morgan fingerprint density at radius 3 is 2.72 bits per heavy atom. The van der Waals surface area contributed by atoms with Crippen molar-refractivity contribution in [2.45, 2.75) is 42.9 Å². The molecule has 0 radical (unpaired) electrons. The fourth-order valence-corrected chi connectivity index (χ4v) is 6.75. The van der Waals surface area contributed by atoms with Gasteiger partial charge >= 0.3 is 0 Å². The second-order valence-electron chi connectivity index (χ2n) is 9.08. The van der Waals surface area contributed by atoms with Crippen LogP contribution < -0.4 is 16.0 Å². The molecule has 2 heterocycles. The zero-order chi connectivity index (χ0) is 27.5. The smallest absolute Gasteiger partial charge is 0.234 e. The Morgan fingerprint density at radius 2 is 2.00 bits per heavy atom. The van der Waals surface area contributed by atoms with Crippen molar-refractivity contribution in [1.29, 1.82) is 5.26 Å². The molecule has 1 amide bonds. The van der Waals surface area contributed by atoms with E-state index in [4.69, 9.17) is 17.3 Å². The Morgan fingerprint density at radius 1 is 1.23 bits per heavy atom. The Kier molecular flexibility index (Phi) is 8.02. The number of aryl methyl sites for hydroxylation is 1. The number of nitrogens with one attached hydrogen (secondary N) is 1. The number of nitrogens with zero attached hydrogens (tertiary/aromatic N) is 4. The topological polar surface area (TPSA) is 125 Å². The zero-order valence-corrected chi connectivity index (χ0v) is 23.5. The molecule has 0 saturated carbocycles. The average Bonchev–Trinajstić information content (AvgIpc) is 3.41. The van der Waals surface area contributed by atoms with Crippen molar-refractivity contribution in [3.8, 4) is 6.07 Å². The van der Waals surface area contributed by atoms with Gasteiger partial charge in [0.1, 0.15) is 5.82 Å². The van der Waals surface area contributed by atoms with Gasteiger partial charge in [-0.3, -0.25) is 14.5 Å². The monoisotopic (exact) mass is 576 g/mol. The second-order valence-corrected chi connectivity index (χ2v) is 11.7. The molecule has 0 fully saturated rings. The van der Waals surface area contributed by atoms with Gasteiger partial charge in [0.05, 0.1) is 23.3 Å². The van der Waals surface area contributed by atoms with Crippen molar-refractivity contribution in [3.05, 3.63) is 87.3 Å². The number of nitrogens with two attached hydrogens (primary N) is 1. The third-order valence-corrected chi connectivity index (χ3v) is 9.08. The average molecular weight is 577 g/mol. The minimum absolute atomic E-state index is 0.0332. The van der Waals surface area contributed by atoms with Crippen LogP contribution in [0.5, 0.6) is 0 Å². The van der Waals surface area contributed by atoms with Crippen molar-refractivity contribution in [2.75, 3.05) is 16.0 Å². The van der Waals surface area contributed by atoms with E-state index in [9.17, 15) is 14.9 Å². The lowest BCUT2D eigenvalue weighted by atomic mass is 9.76. The van der Waals surface area contributed by atoms with E-state index in [1.54, 1.807) is 17.0 Å². The summed E-state index contributed by atoms with van der Waals surface area (Å²) >= 11 is 9.03. The van der Waals surface area contributed by atoms with Gasteiger partial charge in [0.15, 0.2) is 10.1 Å². The maximum Gasteiger partial charge on any atom is 0.234 e. The van der Waals surface area contributed by atoms with E-state index in [1.165, 1.54) is 28.7 Å². The summed E-state index contributed by atoms with van der Waals surface area (Å²) in [6.45, 7) is 2.08. The highest BCUT2D eigenvalue weighted by Crippen LogP contribution is 2.48. The first-order valence-corrected chi connectivity index (χ1v) is 14.6. The largest absolute Gasteiger partial charge is 0.384 e. The van der Waals surface area contributed by atoms with E-state index in [1.807, 2.05) is 36.4 Å². The molecule has 5 rings (SSSR count). The molecule has 39 heavy (non-hydrogen) atoms. The zero-order valence-electron chi connectivity index (χ0n) is 21.1. The molecule has 1 unspecified atom stereocenters. The van der Waals surface area contributed by atoms with Crippen LogP contribution in [0.4, 0.5) is 10.8 Å². The molecule has 0 saturated heterocycles. The van der Waals surface area contributed by atoms with Crippen LogP contribution in [0.15, 0.2) is 75.5 Å². The van der Waals surface area contributed by atoms with Gasteiger partial charge in [-0.2, -0.15) is 5.26 Å². The first-order chi connectivity index (χ1) is 18.9. The van der Waals surface area contributed by atoms with Gasteiger partial charge in [0.25, 0.3) is 0 Å². The number of hydrogen-bond donors (Lipinski definition) is 2. The number of aromatic nitrogens is 2. The maximum absolute atomic E-state index is 13.3. The Hall–Kier alpha value is -3.65. The summed E-state index contributed by atoms with van der Waals surface area (Å²) in [7, 11) is 0. The third-order valence-electron chi connectivity index (χ3n) is 6.69. The highest BCUT2D eigenvalue weighted by molar-refractivity contribution is 8.01. The van der Waals surface area contributed by atoms with E-state index in [0.717, 1.165) is 12.1 Å². The number of nitriles is 1. The van der Waals surface area contributed by atoms with Gasteiger partial charge in [0.2, 0.25) is 11.0 Å². The molecule has 198 valence electrons. The first-order valence-electron chi connectivity index (χ1n) is 12.5. The van der Waals surface area contributed by atoms with Crippen LogP contribution in [-0.2, 0) is 16.0 Å². The number of anilines is 2. The van der Waals surface area contributed by atoms with Crippen LogP contribution in [0, 0.1) is 11.3 Å². The Balaban J connectivity index is 1.40. The molecule has 8 nitrogen and oxygen atoms in total.